The van der Waals surface area contributed by atoms with Crippen molar-refractivity contribution >= 4 is 22.8 Å². The minimum atomic E-state index is 0.580. The van der Waals surface area contributed by atoms with Crippen LogP contribution < -0.4 is 5.32 Å². The second kappa shape index (κ2) is 5.24. The van der Waals surface area contributed by atoms with Gasteiger partial charge in [-0.15, -0.1) is 0 Å². The van der Waals surface area contributed by atoms with Gasteiger partial charge >= 0.3 is 0 Å². The van der Waals surface area contributed by atoms with Gasteiger partial charge in [0.2, 0.25) is 0 Å². The van der Waals surface area contributed by atoms with E-state index in [0.717, 1.165) is 16.8 Å². The molecule has 0 radical (unpaired) electrons. The van der Waals surface area contributed by atoms with E-state index in [1.54, 1.807) is 18.2 Å². The van der Waals surface area contributed by atoms with E-state index >= 15 is 0 Å². The zero-order valence-electron chi connectivity index (χ0n) is 10.5. The predicted octanol–water partition coefficient (Wildman–Crippen LogP) is 3.47. The first-order chi connectivity index (χ1) is 9.78. The maximum atomic E-state index is 8.91. The molecule has 0 aliphatic rings. The quantitative estimate of drug-likeness (QED) is 0.800. The van der Waals surface area contributed by atoms with E-state index in [2.05, 4.69) is 16.5 Å². The van der Waals surface area contributed by atoms with Gasteiger partial charge in [0.05, 0.1) is 34.1 Å². The molecule has 0 bridgehead atoms. The fraction of sp³-hybridized carbons (Fsp3) is 0.0667. The third kappa shape index (κ3) is 2.31. The largest absolute Gasteiger partial charge is 0.380 e. The van der Waals surface area contributed by atoms with Crippen LogP contribution in [0, 0.1) is 11.3 Å². The number of hydrogen-bond acceptors (Lipinski definition) is 3. The molecule has 2 heterocycles. The molecule has 98 valence electrons. The van der Waals surface area contributed by atoms with Gasteiger partial charge in [-0.3, -0.25) is 0 Å². The second-order valence-electron chi connectivity index (χ2n) is 4.36. The summed E-state index contributed by atoms with van der Waals surface area (Å²) in [4.78, 5) is 0. The highest BCUT2D eigenvalue weighted by Crippen LogP contribution is 2.24. The number of nitrogens with one attached hydrogen (secondary N) is 1. The number of rotatable bonds is 3. The lowest BCUT2D eigenvalue weighted by molar-refractivity contribution is 0.961. The summed E-state index contributed by atoms with van der Waals surface area (Å²) in [7, 11) is 0. The Hall–Kier alpha value is -2.51. The fourth-order valence-electron chi connectivity index (χ4n) is 2.04. The first kappa shape index (κ1) is 12.5. The number of fused-ring (bicyclic) bond motifs is 1. The summed E-state index contributed by atoms with van der Waals surface area (Å²) in [6.07, 6.45) is 3.73. The summed E-state index contributed by atoms with van der Waals surface area (Å²) >= 11 is 6.12. The second-order valence-corrected chi connectivity index (χ2v) is 4.77. The summed E-state index contributed by atoms with van der Waals surface area (Å²) in [6, 6.07) is 13.2. The van der Waals surface area contributed by atoms with Crippen molar-refractivity contribution in [3.05, 3.63) is 64.9 Å². The Kier molecular flexibility index (Phi) is 3.28. The molecule has 3 aromatic rings. The molecule has 0 spiro atoms. The Balaban J connectivity index is 1.85. The number of pyridine rings is 1. The van der Waals surface area contributed by atoms with Crippen LogP contribution in [0.4, 0.5) is 5.69 Å². The van der Waals surface area contributed by atoms with Crippen LogP contribution in [-0.2, 0) is 6.54 Å². The van der Waals surface area contributed by atoms with Crippen LogP contribution in [0.5, 0.6) is 0 Å². The van der Waals surface area contributed by atoms with Gasteiger partial charge in [-0.05, 0) is 30.3 Å². The molecule has 0 saturated heterocycles. The van der Waals surface area contributed by atoms with Gasteiger partial charge in [-0.1, -0.05) is 17.7 Å². The van der Waals surface area contributed by atoms with E-state index in [0.29, 0.717) is 17.1 Å². The normalized spacial score (nSPS) is 10.4. The number of hydrogen-bond donors (Lipinski definition) is 1. The van der Waals surface area contributed by atoms with E-state index < -0.39 is 0 Å². The fourth-order valence-corrected chi connectivity index (χ4v) is 2.23. The molecule has 0 atom stereocenters. The molecule has 0 aliphatic carbocycles. The molecule has 2 aromatic heterocycles. The number of nitriles is 1. The van der Waals surface area contributed by atoms with Crippen molar-refractivity contribution in [2.45, 2.75) is 6.54 Å². The van der Waals surface area contributed by atoms with Crippen LogP contribution in [0.3, 0.4) is 0 Å². The van der Waals surface area contributed by atoms with Crippen LogP contribution in [-0.4, -0.2) is 9.61 Å². The molecule has 0 fully saturated rings. The first-order valence-corrected chi connectivity index (χ1v) is 6.50. The maximum absolute atomic E-state index is 8.91. The third-order valence-electron chi connectivity index (χ3n) is 3.07. The lowest BCUT2D eigenvalue weighted by Gasteiger charge is -2.08. The zero-order chi connectivity index (χ0) is 13.9. The summed E-state index contributed by atoms with van der Waals surface area (Å²) in [5.74, 6) is 0. The standard InChI is InChI=1S/C15H11ClN4/c16-13-5-4-11(8-17)7-14(13)18-9-12-10-19-20-6-2-1-3-15(12)20/h1-7,10,18H,9H2. The lowest BCUT2D eigenvalue weighted by atomic mass is 10.2. The molecular weight excluding hydrogens is 272 g/mol. The maximum Gasteiger partial charge on any atom is 0.0992 e. The smallest absolute Gasteiger partial charge is 0.0992 e. The van der Waals surface area contributed by atoms with E-state index in [4.69, 9.17) is 16.9 Å². The molecule has 5 heteroatoms. The van der Waals surface area contributed by atoms with Crippen molar-refractivity contribution in [1.82, 2.24) is 9.61 Å². The number of aromatic nitrogens is 2. The molecule has 0 aliphatic heterocycles. The SMILES string of the molecule is N#Cc1ccc(Cl)c(NCc2cnn3ccccc23)c1. The molecule has 0 amide bonds. The number of nitrogens with zero attached hydrogens (tertiary/aromatic N) is 3. The van der Waals surface area contributed by atoms with Crippen molar-refractivity contribution in [1.29, 1.82) is 5.26 Å². The predicted molar refractivity (Wildman–Crippen MR) is 78.7 cm³/mol. The molecule has 20 heavy (non-hydrogen) atoms. The van der Waals surface area contributed by atoms with Crippen molar-refractivity contribution in [3.63, 3.8) is 0 Å². The average molecular weight is 283 g/mol. The van der Waals surface area contributed by atoms with Crippen LogP contribution >= 0.6 is 11.6 Å². The van der Waals surface area contributed by atoms with Gasteiger partial charge in [0.15, 0.2) is 0 Å². The van der Waals surface area contributed by atoms with Gasteiger partial charge in [0.25, 0.3) is 0 Å². The van der Waals surface area contributed by atoms with Gasteiger partial charge in [0.1, 0.15) is 0 Å². The molecule has 0 saturated carbocycles. The highest BCUT2D eigenvalue weighted by molar-refractivity contribution is 6.33. The number of anilines is 1. The molecule has 4 nitrogen and oxygen atoms in total. The Morgan fingerprint density at radius 2 is 2.20 bits per heavy atom. The Bertz CT molecular complexity index is 801. The summed E-state index contributed by atoms with van der Waals surface area (Å²) < 4.78 is 1.82. The Labute approximate surface area is 121 Å². The van der Waals surface area contributed by atoms with Crippen molar-refractivity contribution < 1.29 is 0 Å². The minimum absolute atomic E-state index is 0.580. The lowest BCUT2D eigenvalue weighted by Crippen LogP contribution is -2.00. The molecule has 0 unspecified atom stereocenters. The molecule has 1 N–H and O–H groups in total. The van der Waals surface area contributed by atoms with Gasteiger partial charge in [-0.2, -0.15) is 10.4 Å². The van der Waals surface area contributed by atoms with Gasteiger partial charge in [0, 0.05) is 18.3 Å². The third-order valence-corrected chi connectivity index (χ3v) is 3.40. The number of benzene rings is 1. The Morgan fingerprint density at radius 3 is 3.05 bits per heavy atom. The molecule has 1 aromatic carbocycles. The topological polar surface area (TPSA) is 53.1 Å². The minimum Gasteiger partial charge on any atom is -0.380 e. The van der Waals surface area contributed by atoms with Crippen LogP contribution in [0.1, 0.15) is 11.1 Å². The Morgan fingerprint density at radius 1 is 1.30 bits per heavy atom. The first-order valence-electron chi connectivity index (χ1n) is 6.13. The summed E-state index contributed by atoms with van der Waals surface area (Å²) in [6.45, 7) is 0.599. The van der Waals surface area contributed by atoms with Crippen LogP contribution in [0.15, 0.2) is 48.8 Å². The van der Waals surface area contributed by atoms with Crippen LogP contribution in [0.2, 0.25) is 5.02 Å². The monoisotopic (exact) mass is 282 g/mol. The highest BCUT2D eigenvalue weighted by atomic mass is 35.5. The zero-order valence-corrected chi connectivity index (χ0v) is 11.3. The van der Waals surface area contributed by atoms with Crippen molar-refractivity contribution in [3.8, 4) is 6.07 Å². The van der Waals surface area contributed by atoms with E-state index in [1.165, 1.54) is 0 Å². The van der Waals surface area contributed by atoms with E-state index in [9.17, 15) is 0 Å². The molecule has 3 rings (SSSR count). The van der Waals surface area contributed by atoms with Crippen LogP contribution in [0.25, 0.3) is 5.52 Å². The van der Waals surface area contributed by atoms with Gasteiger partial charge in [-0.25, -0.2) is 4.52 Å². The number of halogens is 1. The molecular formula is C15H11ClN4. The highest BCUT2D eigenvalue weighted by Gasteiger charge is 2.05. The summed E-state index contributed by atoms with van der Waals surface area (Å²) in [5.41, 5.74) is 3.45. The summed E-state index contributed by atoms with van der Waals surface area (Å²) in [5, 5.41) is 17.0. The van der Waals surface area contributed by atoms with E-state index in [-0.39, 0.29) is 0 Å². The van der Waals surface area contributed by atoms with E-state index in [1.807, 2.05) is 35.1 Å². The van der Waals surface area contributed by atoms with Gasteiger partial charge < -0.3 is 5.32 Å². The van der Waals surface area contributed by atoms with Crippen molar-refractivity contribution in [2.24, 2.45) is 0 Å². The average Bonchev–Trinajstić information content (AvgIpc) is 2.90. The van der Waals surface area contributed by atoms with Crippen molar-refractivity contribution in [2.75, 3.05) is 5.32 Å².